The zero-order chi connectivity index (χ0) is 20.3. The second kappa shape index (κ2) is 8.73. The Labute approximate surface area is 169 Å². The standard InChI is InChI=1S/C21H24ClN3O3/c1-14-11-24(13-16-3-5-17(6-4-16)20(26)23-28)12-15(2)25(14)21(27)18-7-9-19(22)10-8-18/h3-10,14-15,28H,11-13H2,1-2H3,(H,23,26). The molecule has 3 rings (SSSR count). The highest BCUT2D eigenvalue weighted by atomic mass is 35.5. The number of hydroxylamine groups is 1. The third kappa shape index (κ3) is 4.52. The summed E-state index contributed by atoms with van der Waals surface area (Å²) in [6.07, 6.45) is 0. The van der Waals surface area contributed by atoms with Crippen LogP contribution in [0.1, 0.15) is 40.1 Å². The lowest BCUT2D eigenvalue weighted by molar-refractivity contribution is 0.0268. The Morgan fingerprint density at radius 2 is 1.54 bits per heavy atom. The molecule has 2 amide bonds. The summed E-state index contributed by atoms with van der Waals surface area (Å²) in [5.41, 5.74) is 3.76. The van der Waals surface area contributed by atoms with Crippen LogP contribution in [0.5, 0.6) is 0 Å². The number of piperazine rings is 1. The SMILES string of the molecule is CC1CN(Cc2ccc(C(=O)NO)cc2)CC(C)N1C(=O)c1ccc(Cl)cc1. The van der Waals surface area contributed by atoms with Crippen LogP contribution in [-0.4, -0.2) is 52.0 Å². The van der Waals surface area contributed by atoms with E-state index in [0.717, 1.165) is 25.2 Å². The van der Waals surface area contributed by atoms with Crippen LogP contribution >= 0.6 is 11.6 Å². The number of carbonyl (C=O) groups is 2. The molecule has 0 aromatic heterocycles. The Hall–Kier alpha value is -2.41. The Kier molecular flexibility index (Phi) is 6.34. The molecule has 1 aliphatic heterocycles. The van der Waals surface area contributed by atoms with Crippen molar-refractivity contribution in [1.82, 2.24) is 15.3 Å². The fraction of sp³-hybridized carbons (Fsp3) is 0.333. The van der Waals surface area contributed by atoms with E-state index in [4.69, 9.17) is 16.8 Å². The van der Waals surface area contributed by atoms with E-state index >= 15 is 0 Å². The van der Waals surface area contributed by atoms with E-state index in [1.54, 1.807) is 41.9 Å². The van der Waals surface area contributed by atoms with Crippen LogP contribution in [0.25, 0.3) is 0 Å². The Balaban J connectivity index is 1.65. The minimum atomic E-state index is -0.525. The first-order valence-electron chi connectivity index (χ1n) is 9.23. The zero-order valence-corrected chi connectivity index (χ0v) is 16.7. The van der Waals surface area contributed by atoms with Crippen LogP contribution in [-0.2, 0) is 6.54 Å². The normalized spacial score (nSPS) is 20.1. The molecular formula is C21H24ClN3O3. The van der Waals surface area contributed by atoms with Gasteiger partial charge in [0.05, 0.1) is 0 Å². The Bertz CT molecular complexity index is 827. The van der Waals surface area contributed by atoms with E-state index in [9.17, 15) is 9.59 Å². The van der Waals surface area contributed by atoms with Gasteiger partial charge >= 0.3 is 0 Å². The number of benzene rings is 2. The van der Waals surface area contributed by atoms with Gasteiger partial charge in [0.25, 0.3) is 11.8 Å². The summed E-state index contributed by atoms with van der Waals surface area (Å²) in [6, 6.07) is 14.3. The summed E-state index contributed by atoms with van der Waals surface area (Å²) in [7, 11) is 0. The number of hydrogen-bond donors (Lipinski definition) is 2. The van der Waals surface area contributed by atoms with Crippen molar-refractivity contribution in [3.05, 3.63) is 70.2 Å². The maximum Gasteiger partial charge on any atom is 0.274 e. The summed E-state index contributed by atoms with van der Waals surface area (Å²) in [4.78, 5) is 28.6. The van der Waals surface area contributed by atoms with Crippen molar-refractivity contribution in [2.24, 2.45) is 0 Å². The molecule has 1 fully saturated rings. The van der Waals surface area contributed by atoms with E-state index in [2.05, 4.69) is 18.7 Å². The molecule has 1 saturated heterocycles. The molecule has 0 aliphatic carbocycles. The Morgan fingerprint density at radius 3 is 2.07 bits per heavy atom. The second-order valence-electron chi connectivity index (χ2n) is 7.25. The van der Waals surface area contributed by atoms with Crippen molar-refractivity contribution in [3.63, 3.8) is 0 Å². The molecule has 0 radical (unpaired) electrons. The summed E-state index contributed by atoms with van der Waals surface area (Å²) in [5.74, 6) is -0.501. The summed E-state index contributed by atoms with van der Waals surface area (Å²) in [6.45, 7) is 6.39. The van der Waals surface area contributed by atoms with E-state index in [1.807, 2.05) is 17.0 Å². The molecule has 28 heavy (non-hydrogen) atoms. The maximum atomic E-state index is 12.9. The van der Waals surface area contributed by atoms with E-state index < -0.39 is 5.91 Å². The van der Waals surface area contributed by atoms with Crippen molar-refractivity contribution >= 4 is 23.4 Å². The van der Waals surface area contributed by atoms with Crippen LogP contribution in [0.15, 0.2) is 48.5 Å². The molecule has 1 heterocycles. The van der Waals surface area contributed by atoms with Crippen molar-refractivity contribution in [2.75, 3.05) is 13.1 Å². The number of amides is 2. The van der Waals surface area contributed by atoms with Gasteiger partial charge in [-0.25, -0.2) is 5.48 Å². The first kappa shape index (κ1) is 20.3. The predicted molar refractivity (Wildman–Crippen MR) is 108 cm³/mol. The average Bonchev–Trinajstić information content (AvgIpc) is 2.68. The quantitative estimate of drug-likeness (QED) is 0.609. The van der Waals surface area contributed by atoms with Gasteiger partial charge in [-0.2, -0.15) is 0 Å². The molecule has 2 aromatic carbocycles. The molecule has 1 aliphatic rings. The van der Waals surface area contributed by atoms with Gasteiger partial charge in [-0.15, -0.1) is 0 Å². The number of nitrogens with one attached hydrogen (secondary N) is 1. The fourth-order valence-corrected chi connectivity index (χ4v) is 3.91. The molecule has 0 spiro atoms. The molecule has 2 unspecified atom stereocenters. The molecular weight excluding hydrogens is 378 g/mol. The van der Waals surface area contributed by atoms with Gasteiger partial charge in [-0.3, -0.25) is 19.7 Å². The fourth-order valence-electron chi connectivity index (χ4n) is 3.79. The van der Waals surface area contributed by atoms with Gasteiger partial charge in [0.2, 0.25) is 0 Å². The van der Waals surface area contributed by atoms with E-state index in [0.29, 0.717) is 16.1 Å². The smallest absolute Gasteiger partial charge is 0.274 e. The minimum Gasteiger partial charge on any atom is -0.331 e. The number of nitrogens with zero attached hydrogens (tertiary/aromatic N) is 2. The monoisotopic (exact) mass is 401 g/mol. The molecule has 7 heteroatoms. The number of carbonyl (C=O) groups excluding carboxylic acids is 2. The lowest BCUT2D eigenvalue weighted by atomic mass is 10.0. The predicted octanol–water partition coefficient (Wildman–Crippen LogP) is 3.19. The molecule has 2 N–H and O–H groups in total. The maximum absolute atomic E-state index is 12.9. The van der Waals surface area contributed by atoms with Crippen LogP contribution in [0.3, 0.4) is 0 Å². The van der Waals surface area contributed by atoms with E-state index in [-0.39, 0.29) is 18.0 Å². The molecule has 148 valence electrons. The summed E-state index contributed by atoms with van der Waals surface area (Å²) in [5, 5.41) is 9.31. The van der Waals surface area contributed by atoms with Gasteiger partial charge in [0, 0.05) is 47.9 Å². The highest BCUT2D eigenvalue weighted by Crippen LogP contribution is 2.21. The van der Waals surface area contributed by atoms with Crippen LogP contribution < -0.4 is 5.48 Å². The first-order chi connectivity index (χ1) is 13.4. The number of halogens is 1. The summed E-state index contributed by atoms with van der Waals surface area (Å²) >= 11 is 5.92. The van der Waals surface area contributed by atoms with Crippen molar-refractivity contribution in [3.8, 4) is 0 Å². The van der Waals surface area contributed by atoms with Crippen LogP contribution in [0.4, 0.5) is 0 Å². The molecule has 6 nitrogen and oxygen atoms in total. The lowest BCUT2D eigenvalue weighted by Crippen LogP contribution is -2.58. The van der Waals surface area contributed by atoms with Gasteiger partial charge in [-0.05, 0) is 55.8 Å². The van der Waals surface area contributed by atoms with Crippen molar-refractivity contribution in [1.29, 1.82) is 0 Å². The number of rotatable bonds is 4. The second-order valence-corrected chi connectivity index (χ2v) is 7.69. The number of hydrogen-bond acceptors (Lipinski definition) is 4. The average molecular weight is 402 g/mol. The molecule has 2 atom stereocenters. The van der Waals surface area contributed by atoms with Gasteiger partial charge in [0.15, 0.2) is 0 Å². The first-order valence-corrected chi connectivity index (χ1v) is 9.60. The van der Waals surface area contributed by atoms with Crippen LogP contribution in [0.2, 0.25) is 5.02 Å². The minimum absolute atomic E-state index is 0.0238. The molecule has 0 bridgehead atoms. The topological polar surface area (TPSA) is 72.9 Å². The third-order valence-corrected chi connectivity index (χ3v) is 5.30. The zero-order valence-electron chi connectivity index (χ0n) is 15.9. The van der Waals surface area contributed by atoms with Crippen LogP contribution in [0, 0.1) is 0 Å². The van der Waals surface area contributed by atoms with Gasteiger partial charge in [-0.1, -0.05) is 23.7 Å². The van der Waals surface area contributed by atoms with Gasteiger partial charge in [0.1, 0.15) is 0 Å². The van der Waals surface area contributed by atoms with Crippen molar-refractivity contribution < 1.29 is 14.8 Å². The summed E-state index contributed by atoms with van der Waals surface area (Å²) < 4.78 is 0. The molecule has 2 aromatic rings. The van der Waals surface area contributed by atoms with Crippen molar-refractivity contribution in [2.45, 2.75) is 32.5 Å². The van der Waals surface area contributed by atoms with E-state index in [1.165, 1.54) is 0 Å². The lowest BCUT2D eigenvalue weighted by Gasteiger charge is -2.44. The highest BCUT2D eigenvalue weighted by Gasteiger charge is 2.33. The third-order valence-electron chi connectivity index (χ3n) is 5.04. The largest absolute Gasteiger partial charge is 0.331 e. The van der Waals surface area contributed by atoms with Gasteiger partial charge < -0.3 is 4.90 Å². The highest BCUT2D eigenvalue weighted by molar-refractivity contribution is 6.30. The Morgan fingerprint density at radius 1 is 1.00 bits per heavy atom. The molecule has 0 saturated carbocycles.